The summed E-state index contributed by atoms with van der Waals surface area (Å²) in [7, 11) is 0. The Labute approximate surface area is 126 Å². The van der Waals surface area contributed by atoms with Crippen molar-refractivity contribution in [2.24, 2.45) is 5.92 Å². The summed E-state index contributed by atoms with van der Waals surface area (Å²) >= 11 is 6.40. The molecule has 1 atom stereocenters. The first kappa shape index (κ1) is 14.3. The van der Waals surface area contributed by atoms with Crippen LogP contribution in [0.2, 0.25) is 5.15 Å². The van der Waals surface area contributed by atoms with Crippen LogP contribution in [0.25, 0.3) is 0 Å². The predicted molar refractivity (Wildman–Crippen MR) is 83.0 cm³/mol. The van der Waals surface area contributed by atoms with Gasteiger partial charge in [0.15, 0.2) is 0 Å². The summed E-state index contributed by atoms with van der Waals surface area (Å²) in [5.41, 5.74) is 1.24. The normalized spacial score (nSPS) is 23.6. The SMILES string of the molecule is Clc1ncccc1[C@@H](C1CCCCC1)N1CCNCC1. The molecule has 3 rings (SSSR count). The monoisotopic (exact) mass is 293 g/mol. The Kier molecular flexibility index (Phi) is 4.92. The quantitative estimate of drug-likeness (QED) is 0.867. The third kappa shape index (κ3) is 3.16. The highest BCUT2D eigenvalue weighted by Gasteiger charge is 2.32. The molecule has 0 aromatic carbocycles. The number of halogens is 1. The number of nitrogens with one attached hydrogen (secondary N) is 1. The number of pyridine rings is 1. The highest BCUT2D eigenvalue weighted by molar-refractivity contribution is 6.30. The minimum absolute atomic E-state index is 0.457. The molecule has 1 aromatic rings. The van der Waals surface area contributed by atoms with E-state index in [9.17, 15) is 0 Å². The topological polar surface area (TPSA) is 28.2 Å². The molecule has 1 aromatic heterocycles. The van der Waals surface area contributed by atoms with Crippen LogP contribution in [0.5, 0.6) is 0 Å². The maximum atomic E-state index is 6.40. The van der Waals surface area contributed by atoms with E-state index in [1.165, 1.54) is 37.7 Å². The zero-order valence-corrected chi connectivity index (χ0v) is 12.8. The Bertz CT molecular complexity index is 407. The van der Waals surface area contributed by atoms with Crippen molar-refractivity contribution >= 4 is 11.6 Å². The zero-order chi connectivity index (χ0) is 13.8. The smallest absolute Gasteiger partial charge is 0.133 e. The summed E-state index contributed by atoms with van der Waals surface area (Å²) in [6, 6.07) is 4.66. The lowest BCUT2D eigenvalue weighted by atomic mass is 9.80. The third-order valence-electron chi connectivity index (χ3n) is 4.75. The van der Waals surface area contributed by atoms with Crippen molar-refractivity contribution < 1.29 is 0 Å². The lowest BCUT2D eigenvalue weighted by Gasteiger charge is -2.41. The molecule has 1 saturated carbocycles. The van der Waals surface area contributed by atoms with Crippen LogP contribution >= 0.6 is 11.6 Å². The maximum Gasteiger partial charge on any atom is 0.133 e. The molecular formula is C16H24ClN3. The number of hydrogen-bond donors (Lipinski definition) is 1. The van der Waals surface area contributed by atoms with Gasteiger partial charge in [0.1, 0.15) is 5.15 Å². The molecule has 3 nitrogen and oxygen atoms in total. The fraction of sp³-hybridized carbons (Fsp3) is 0.688. The Morgan fingerprint density at radius 2 is 1.95 bits per heavy atom. The number of aromatic nitrogens is 1. The molecule has 1 aliphatic heterocycles. The van der Waals surface area contributed by atoms with E-state index in [0.717, 1.165) is 32.1 Å². The molecule has 2 heterocycles. The van der Waals surface area contributed by atoms with Crippen LogP contribution in [-0.2, 0) is 0 Å². The highest BCUT2D eigenvalue weighted by atomic mass is 35.5. The second-order valence-electron chi connectivity index (χ2n) is 6.01. The molecule has 0 spiro atoms. The maximum absolute atomic E-state index is 6.40. The van der Waals surface area contributed by atoms with Gasteiger partial charge in [0, 0.05) is 44.0 Å². The lowest BCUT2D eigenvalue weighted by molar-refractivity contribution is 0.103. The van der Waals surface area contributed by atoms with Gasteiger partial charge in [0.25, 0.3) is 0 Å². The van der Waals surface area contributed by atoms with Crippen molar-refractivity contribution in [3.8, 4) is 0 Å². The molecule has 1 saturated heterocycles. The van der Waals surface area contributed by atoms with Gasteiger partial charge in [-0.05, 0) is 24.8 Å². The van der Waals surface area contributed by atoms with E-state index in [1.54, 1.807) is 6.20 Å². The van der Waals surface area contributed by atoms with E-state index < -0.39 is 0 Å². The molecular weight excluding hydrogens is 270 g/mol. The van der Waals surface area contributed by atoms with Crippen molar-refractivity contribution in [2.75, 3.05) is 26.2 Å². The Morgan fingerprint density at radius 1 is 1.20 bits per heavy atom. The van der Waals surface area contributed by atoms with Crippen molar-refractivity contribution in [3.63, 3.8) is 0 Å². The lowest BCUT2D eigenvalue weighted by Crippen LogP contribution is -2.47. The predicted octanol–water partition coefficient (Wildman–Crippen LogP) is 3.26. The van der Waals surface area contributed by atoms with Gasteiger partial charge in [-0.15, -0.1) is 0 Å². The summed E-state index contributed by atoms with van der Waals surface area (Å²) in [5, 5.41) is 4.14. The van der Waals surface area contributed by atoms with E-state index in [2.05, 4.69) is 21.3 Å². The zero-order valence-electron chi connectivity index (χ0n) is 12.0. The van der Waals surface area contributed by atoms with Gasteiger partial charge in [0.2, 0.25) is 0 Å². The second-order valence-corrected chi connectivity index (χ2v) is 6.37. The van der Waals surface area contributed by atoms with Gasteiger partial charge in [-0.3, -0.25) is 4.90 Å². The van der Waals surface area contributed by atoms with Gasteiger partial charge in [0.05, 0.1) is 0 Å². The summed E-state index contributed by atoms with van der Waals surface area (Å²) in [5.74, 6) is 0.739. The summed E-state index contributed by atoms with van der Waals surface area (Å²) < 4.78 is 0. The molecule has 110 valence electrons. The number of nitrogens with zero attached hydrogens (tertiary/aromatic N) is 2. The molecule has 0 amide bonds. The number of hydrogen-bond acceptors (Lipinski definition) is 3. The first-order valence-corrected chi connectivity index (χ1v) is 8.29. The number of piperazine rings is 1. The Balaban J connectivity index is 1.87. The van der Waals surface area contributed by atoms with E-state index in [0.29, 0.717) is 11.2 Å². The van der Waals surface area contributed by atoms with Crippen molar-refractivity contribution in [2.45, 2.75) is 38.1 Å². The third-order valence-corrected chi connectivity index (χ3v) is 5.06. The highest BCUT2D eigenvalue weighted by Crippen LogP contribution is 2.40. The van der Waals surface area contributed by atoms with Crippen molar-refractivity contribution in [3.05, 3.63) is 29.0 Å². The molecule has 1 aliphatic carbocycles. The largest absolute Gasteiger partial charge is 0.314 e. The van der Waals surface area contributed by atoms with Crippen LogP contribution in [0, 0.1) is 5.92 Å². The van der Waals surface area contributed by atoms with Gasteiger partial charge in [-0.1, -0.05) is 36.9 Å². The first-order chi connectivity index (χ1) is 9.86. The van der Waals surface area contributed by atoms with Crippen LogP contribution in [0.1, 0.15) is 43.7 Å². The second kappa shape index (κ2) is 6.88. The van der Waals surface area contributed by atoms with E-state index in [4.69, 9.17) is 11.6 Å². The number of rotatable bonds is 3. The molecule has 4 heteroatoms. The minimum Gasteiger partial charge on any atom is -0.314 e. The first-order valence-electron chi connectivity index (χ1n) is 7.91. The summed E-state index contributed by atoms with van der Waals surface area (Å²) in [6.45, 7) is 4.40. The van der Waals surface area contributed by atoms with Crippen LogP contribution < -0.4 is 5.32 Å². The van der Waals surface area contributed by atoms with E-state index in [1.807, 2.05) is 6.07 Å². The van der Waals surface area contributed by atoms with Crippen LogP contribution in [-0.4, -0.2) is 36.1 Å². The van der Waals surface area contributed by atoms with Gasteiger partial charge >= 0.3 is 0 Å². The molecule has 1 N–H and O–H groups in total. The molecule has 0 bridgehead atoms. The van der Waals surface area contributed by atoms with Crippen molar-refractivity contribution in [1.29, 1.82) is 0 Å². The van der Waals surface area contributed by atoms with Crippen LogP contribution in [0.3, 0.4) is 0 Å². The molecule has 2 fully saturated rings. The van der Waals surface area contributed by atoms with Crippen LogP contribution in [0.4, 0.5) is 0 Å². The minimum atomic E-state index is 0.457. The molecule has 0 radical (unpaired) electrons. The summed E-state index contributed by atoms with van der Waals surface area (Å²) in [4.78, 5) is 6.93. The molecule has 20 heavy (non-hydrogen) atoms. The van der Waals surface area contributed by atoms with E-state index >= 15 is 0 Å². The summed E-state index contributed by atoms with van der Waals surface area (Å²) in [6.07, 6.45) is 8.59. The van der Waals surface area contributed by atoms with Crippen molar-refractivity contribution in [1.82, 2.24) is 15.2 Å². The Hall–Kier alpha value is -0.640. The fourth-order valence-corrected chi connectivity index (χ4v) is 4.01. The van der Waals surface area contributed by atoms with E-state index in [-0.39, 0.29) is 0 Å². The molecule has 0 unspecified atom stereocenters. The standard InChI is InChI=1S/C16H24ClN3/c17-16-14(7-4-8-19-16)15(13-5-2-1-3-6-13)20-11-9-18-10-12-20/h4,7-8,13,15,18H,1-3,5-6,9-12H2/t15-/m1/s1. The van der Waals surface area contributed by atoms with Gasteiger partial charge < -0.3 is 5.32 Å². The Morgan fingerprint density at radius 3 is 2.65 bits per heavy atom. The van der Waals surface area contributed by atoms with Gasteiger partial charge in [-0.25, -0.2) is 4.98 Å². The van der Waals surface area contributed by atoms with Gasteiger partial charge in [-0.2, -0.15) is 0 Å². The molecule has 2 aliphatic rings. The average Bonchev–Trinajstić information content (AvgIpc) is 2.52. The fourth-order valence-electron chi connectivity index (χ4n) is 3.78. The average molecular weight is 294 g/mol. The van der Waals surface area contributed by atoms with Crippen LogP contribution in [0.15, 0.2) is 18.3 Å².